The molecule has 0 atom stereocenters. The molecule has 1 aliphatic heterocycles. The molecule has 1 aromatic heterocycles. The Morgan fingerprint density at radius 3 is 2.74 bits per heavy atom. The second-order valence-corrected chi connectivity index (χ2v) is 7.67. The zero-order chi connectivity index (χ0) is 16.5. The van der Waals surface area contributed by atoms with E-state index in [2.05, 4.69) is 51.9 Å². The van der Waals surface area contributed by atoms with Crippen LogP contribution in [0.1, 0.15) is 46.0 Å². The quantitative estimate of drug-likeness (QED) is 0.453. The molecule has 1 saturated heterocycles. The monoisotopic (exact) mass is 336 g/mol. The van der Waals surface area contributed by atoms with Crippen molar-refractivity contribution in [3.05, 3.63) is 17.5 Å². The van der Waals surface area contributed by atoms with Gasteiger partial charge in [0, 0.05) is 32.7 Å². The molecule has 0 aromatic carbocycles. The maximum absolute atomic E-state index is 4.37. The number of hydrogen-bond acceptors (Lipinski definition) is 3. The summed E-state index contributed by atoms with van der Waals surface area (Å²) in [4.78, 5) is 6.86. The van der Waals surface area contributed by atoms with Crippen molar-refractivity contribution in [2.45, 2.75) is 52.0 Å². The largest absolute Gasteiger partial charge is 0.363 e. The molecule has 0 unspecified atom stereocenters. The predicted octanol–water partition coefficient (Wildman–Crippen LogP) is 3.71. The highest BCUT2D eigenvalue weighted by molar-refractivity contribution is 7.14. The third-order valence-electron chi connectivity index (χ3n) is 4.38. The van der Waals surface area contributed by atoms with E-state index in [4.69, 9.17) is 0 Å². The first-order valence-corrected chi connectivity index (χ1v) is 9.82. The molecule has 0 saturated carbocycles. The summed E-state index contributed by atoms with van der Waals surface area (Å²) in [5.41, 5.74) is 0. The van der Waals surface area contributed by atoms with Crippen LogP contribution in [0.5, 0.6) is 0 Å². The van der Waals surface area contributed by atoms with Gasteiger partial charge in [-0.25, -0.2) is 0 Å². The van der Waals surface area contributed by atoms with E-state index < -0.39 is 0 Å². The van der Waals surface area contributed by atoms with Gasteiger partial charge in [-0.1, -0.05) is 26.7 Å². The van der Waals surface area contributed by atoms with Gasteiger partial charge >= 0.3 is 0 Å². The van der Waals surface area contributed by atoms with Crippen molar-refractivity contribution in [1.29, 1.82) is 0 Å². The molecule has 0 aliphatic carbocycles. The van der Waals surface area contributed by atoms with E-state index in [1.54, 1.807) is 0 Å². The molecule has 0 amide bonds. The summed E-state index contributed by atoms with van der Waals surface area (Å²) in [6, 6.07) is 4.89. The fraction of sp³-hybridized carbons (Fsp3) is 0.722. The number of thiophene rings is 1. The Morgan fingerprint density at radius 1 is 1.35 bits per heavy atom. The zero-order valence-electron chi connectivity index (χ0n) is 14.8. The first-order valence-electron chi connectivity index (χ1n) is 8.94. The minimum Gasteiger partial charge on any atom is -0.363 e. The average Bonchev–Trinajstić information content (AvgIpc) is 3.08. The van der Waals surface area contributed by atoms with Crippen LogP contribution >= 0.6 is 11.3 Å². The molecule has 5 heteroatoms. The molecule has 0 spiro atoms. The number of aliphatic imine (C=N–C) groups is 1. The fourth-order valence-electron chi connectivity index (χ4n) is 2.97. The Morgan fingerprint density at radius 2 is 2.13 bits per heavy atom. The number of nitrogens with zero attached hydrogens (tertiary/aromatic N) is 2. The first-order chi connectivity index (χ1) is 11.2. The van der Waals surface area contributed by atoms with Crippen LogP contribution in [0, 0.1) is 5.92 Å². The van der Waals surface area contributed by atoms with E-state index in [9.17, 15) is 0 Å². The van der Waals surface area contributed by atoms with Gasteiger partial charge < -0.3 is 15.5 Å². The molecule has 1 fully saturated rings. The molecule has 1 aromatic rings. The van der Waals surface area contributed by atoms with Crippen molar-refractivity contribution in [1.82, 2.24) is 10.6 Å². The molecular formula is C18H32N4S. The highest BCUT2D eigenvalue weighted by Gasteiger charge is 2.20. The summed E-state index contributed by atoms with van der Waals surface area (Å²) in [6.07, 6.45) is 6.17. The lowest BCUT2D eigenvalue weighted by Gasteiger charge is -2.33. The van der Waals surface area contributed by atoms with Gasteiger partial charge in [0.2, 0.25) is 0 Å². The maximum Gasteiger partial charge on any atom is 0.191 e. The molecule has 2 heterocycles. The Bertz CT molecular complexity index is 448. The van der Waals surface area contributed by atoms with Crippen LogP contribution in [0.15, 0.2) is 22.5 Å². The number of unbranched alkanes of at least 4 members (excludes halogenated alkanes) is 1. The molecule has 1 aliphatic rings. The molecule has 2 N–H and O–H groups in total. The van der Waals surface area contributed by atoms with Crippen molar-refractivity contribution in [3.63, 3.8) is 0 Å². The molecule has 0 bridgehead atoms. The van der Waals surface area contributed by atoms with Gasteiger partial charge in [-0.2, -0.15) is 0 Å². The number of nitrogens with one attached hydrogen (secondary N) is 2. The van der Waals surface area contributed by atoms with E-state index in [0.717, 1.165) is 31.5 Å². The smallest absolute Gasteiger partial charge is 0.191 e. The number of rotatable bonds is 7. The number of anilines is 1. The molecule has 0 radical (unpaired) electrons. The SMILES string of the molecule is CN=C(NCCCCC(C)C)NC1CCN(c2cccs2)CC1. The summed E-state index contributed by atoms with van der Waals surface area (Å²) < 4.78 is 0. The lowest BCUT2D eigenvalue weighted by Crippen LogP contribution is -2.48. The summed E-state index contributed by atoms with van der Waals surface area (Å²) in [7, 11) is 1.87. The van der Waals surface area contributed by atoms with E-state index in [-0.39, 0.29) is 0 Å². The normalized spacial score (nSPS) is 16.9. The van der Waals surface area contributed by atoms with Crippen molar-refractivity contribution in [3.8, 4) is 0 Å². The molecule has 2 rings (SSSR count). The van der Waals surface area contributed by atoms with Gasteiger partial charge in [-0.3, -0.25) is 4.99 Å². The number of hydrogen-bond donors (Lipinski definition) is 2. The lowest BCUT2D eigenvalue weighted by atomic mass is 10.1. The van der Waals surface area contributed by atoms with E-state index in [1.807, 2.05) is 18.4 Å². The van der Waals surface area contributed by atoms with Crippen LogP contribution in [-0.2, 0) is 0 Å². The summed E-state index contributed by atoms with van der Waals surface area (Å²) in [6.45, 7) is 7.85. The fourth-order valence-corrected chi connectivity index (χ4v) is 3.75. The average molecular weight is 337 g/mol. The molecule has 4 nitrogen and oxygen atoms in total. The second-order valence-electron chi connectivity index (χ2n) is 6.75. The minimum atomic E-state index is 0.535. The van der Waals surface area contributed by atoms with Gasteiger partial charge in [0.05, 0.1) is 5.00 Å². The Kier molecular flexibility index (Phi) is 7.72. The Hall–Kier alpha value is -1.23. The number of guanidine groups is 1. The van der Waals surface area contributed by atoms with Crippen LogP contribution in [0.2, 0.25) is 0 Å². The zero-order valence-corrected chi connectivity index (χ0v) is 15.7. The summed E-state index contributed by atoms with van der Waals surface area (Å²) in [5, 5.41) is 10.6. The van der Waals surface area contributed by atoms with Crippen molar-refractivity contribution < 1.29 is 0 Å². The first kappa shape index (κ1) is 18.1. The van der Waals surface area contributed by atoms with Crippen LogP contribution in [0.25, 0.3) is 0 Å². The van der Waals surface area contributed by atoms with Crippen LogP contribution < -0.4 is 15.5 Å². The third-order valence-corrected chi connectivity index (χ3v) is 5.31. The summed E-state index contributed by atoms with van der Waals surface area (Å²) in [5.74, 6) is 1.77. The highest BCUT2D eigenvalue weighted by atomic mass is 32.1. The highest BCUT2D eigenvalue weighted by Crippen LogP contribution is 2.24. The standard InChI is InChI=1S/C18H32N4S/c1-15(2)7-4-5-11-20-18(19-3)21-16-9-12-22(13-10-16)17-8-6-14-23-17/h6,8,14-16H,4-5,7,9-13H2,1-3H3,(H2,19,20,21). The Balaban J connectivity index is 1.63. The van der Waals surface area contributed by atoms with Gasteiger partial charge in [0.15, 0.2) is 5.96 Å². The van der Waals surface area contributed by atoms with Gasteiger partial charge in [0.1, 0.15) is 0 Å². The maximum atomic E-state index is 4.37. The second kappa shape index (κ2) is 9.81. The van der Waals surface area contributed by atoms with Crippen LogP contribution in [0.4, 0.5) is 5.00 Å². The van der Waals surface area contributed by atoms with Crippen molar-refractivity contribution >= 4 is 22.3 Å². The topological polar surface area (TPSA) is 39.7 Å². The van der Waals surface area contributed by atoms with E-state index in [0.29, 0.717) is 6.04 Å². The number of piperidine rings is 1. The molecular weight excluding hydrogens is 304 g/mol. The summed E-state index contributed by atoms with van der Waals surface area (Å²) >= 11 is 1.84. The van der Waals surface area contributed by atoms with Gasteiger partial charge in [-0.15, -0.1) is 11.3 Å². The predicted molar refractivity (Wildman–Crippen MR) is 103 cm³/mol. The van der Waals surface area contributed by atoms with E-state index in [1.165, 1.54) is 37.1 Å². The minimum absolute atomic E-state index is 0.535. The van der Waals surface area contributed by atoms with Crippen LogP contribution in [0.3, 0.4) is 0 Å². The van der Waals surface area contributed by atoms with Gasteiger partial charge in [-0.05, 0) is 42.7 Å². The van der Waals surface area contributed by atoms with Gasteiger partial charge in [0.25, 0.3) is 0 Å². The van der Waals surface area contributed by atoms with E-state index >= 15 is 0 Å². The molecule has 130 valence electrons. The van der Waals surface area contributed by atoms with Crippen LogP contribution in [-0.4, -0.2) is 38.7 Å². The lowest BCUT2D eigenvalue weighted by molar-refractivity contribution is 0.461. The molecule has 23 heavy (non-hydrogen) atoms. The Labute approximate surface area is 145 Å². The van der Waals surface area contributed by atoms with Crippen molar-refractivity contribution in [2.75, 3.05) is 31.6 Å². The van der Waals surface area contributed by atoms with Crippen molar-refractivity contribution in [2.24, 2.45) is 10.9 Å². The third kappa shape index (κ3) is 6.42.